The maximum atomic E-state index is 5.96. The van der Waals surface area contributed by atoms with E-state index in [0.29, 0.717) is 13.2 Å². The van der Waals surface area contributed by atoms with Gasteiger partial charge in [0.25, 0.3) is 0 Å². The van der Waals surface area contributed by atoms with Crippen molar-refractivity contribution in [2.75, 3.05) is 13.2 Å². The fraction of sp³-hybridized carbons (Fsp3) is 0.250. The quantitative estimate of drug-likeness (QED) is 0.798. The van der Waals surface area contributed by atoms with E-state index in [1.54, 1.807) is 0 Å². The molecular formula is C16H14O4. The number of para-hydroxylation sites is 4. The van der Waals surface area contributed by atoms with Crippen molar-refractivity contribution >= 4 is 0 Å². The van der Waals surface area contributed by atoms with Crippen molar-refractivity contribution in [2.24, 2.45) is 0 Å². The minimum absolute atomic E-state index is 0.168. The summed E-state index contributed by atoms with van der Waals surface area (Å²) in [5.41, 5.74) is 0. The summed E-state index contributed by atoms with van der Waals surface area (Å²) in [6.45, 7) is 0.931. The second-order valence-electron chi connectivity index (χ2n) is 4.83. The third-order valence-electron chi connectivity index (χ3n) is 3.48. The molecule has 0 bridgehead atoms. The number of benzene rings is 2. The highest BCUT2D eigenvalue weighted by atomic mass is 16.6. The lowest BCUT2D eigenvalue weighted by Crippen LogP contribution is -2.47. The Morgan fingerprint density at radius 2 is 1.00 bits per heavy atom. The van der Waals surface area contributed by atoms with Crippen molar-refractivity contribution in [3.05, 3.63) is 48.5 Å². The Bertz CT molecular complexity index is 570. The van der Waals surface area contributed by atoms with Gasteiger partial charge in [-0.2, -0.15) is 0 Å². The maximum absolute atomic E-state index is 5.96. The van der Waals surface area contributed by atoms with Gasteiger partial charge in [-0.25, -0.2) is 0 Å². The van der Waals surface area contributed by atoms with Gasteiger partial charge in [0.2, 0.25) is 0 Å². The smallest absolute Gasteiger partial charge is 0.173 e. The summed E-state index contributed by atoms with van der Waals surface area (Å²) in [6.07, 6.45) is -0.337. The lowest BCUT2D eigenvalue weighted by molar-refractivity contribution is -0.0306. The second-order valence-corrected chi connectivity index (χ2v) is 4.83. The molecule has 2 heterocycles. The van der Waals surface area contributed by atoms with E-state index < -0.39 is 0 Å². The van der Waals surface area contributed by atoms with Crippen LogP contribution in [0.1, 0.15) is 0 Å². The van der Waals surface area contributed by atoms with Crippen molar-refractivity contribution < 1.29 is 18.9 Å². The number of hydrogen-bond acceptors (Lipinski definition) is 4. The molecule has 0 spiro atoms. The van der Waals surface area contributed by atoms with Gasteiger partial charge in [-0.15, -0.1) is 0 Å². The highest BCUT2D eigenvalue weighted by molar-refractivity contribution is 5.42. The minimum Gasteiger partial charge on any atom is -0.486 e. The second kappa shape index (κ2) is 4.63. The first-order valence-corrected chi connectivity index (χ1v) is 6.67. The van der Waals surface area contributed by atoms with Gasteiger partial charge in [-0.1, -0.05) is 24.3 Å². The Hall–Kier alpha value is -2.36. The van der Waals surface area contributed by atoms with E-state index in [-0.39, 0.29) is 12.2 Å². The van der Waals surface area contributed by atoms with Crippen LogP contribution < -0.4 is 18.9 Å². The predicted octanol–water partition coefficient (Wildman–Crippen LogP) is 2.67. The number of ether oxygens (including phenoxy) is 4. The van der Waals surface area contributed by atoms with Crippen LogP contribution in [0.15, 0.2) is 48.5 Å². The van der Waals surface area contributed by atoms with Gasteiger partial charge < -0.3 is 18.9 Å². The van der Waals surface area contributed by atoms with Crippen LogP contribution in [0.4, 0.5) is 0 Å². The van der Waals surface area contributed by atoms with Crippen molar-refractivity contribution in [3.8, 4) is 23.0 Å². The fourth-order valence-electron chi connectivity index (χ4n) is 2.44. The van der Waals surface area contributed by atoms with Gasteiger partial charge in [-0.3, -0.25) is 0 Å². The van der Waals surface area contributed by atoms with Crippen LogP contribution in [0.3, 0.4) is 0 Å². The number of hydrogen-bond donors (Lipinski definition) is 0. The van der Waals surface area contributed by atoms with Gasteiger partial charge in [0.05, 0.1) is 0 Å². The van der Waals surface area contributed by atoms with E-state index >= 15 is 0 Å². The molecule has 4 rings (SSSR count). The zero-order valence-electron chi connectivity index (χ0n) is 10.8. The molecule has 20 heavy (non-hydrogen) atoms. The first kappa shape index (κ1) is 11.5. The lowest BCUT2D eigenvalue weighted by Gasteiger charge is -2.34. The molecule has 2 aliphatic rings. The van der Waals surface area contributed by atoms with E-state index in [1.165, 1.54) is 0 Å². The third kappa shape index (κ3) is 1.93. The predicted molar refractivity (Wildman–Crippen MR) is 72.7 cm³/mol. The van der Waals surface area contributed by atoms with Gasteiger partial charge in [-0.05, 0) is 24.3 Å². The zero-order chi connectivity index (χ0) is 13.4. The molecule has 2 aromatic rings. The lowest BCUT2D eigenvalue weighted by atomic mass is 10.1. The topological polar surface area (TPSA) is 36.9 Å². The Kier molecular flexibility index (Phi) is 2.66. The first-order chi connectivity index (χ1) is 9.90. The Morgan fingerprint density at radius 3 is 1.45 bits per heavy atom. The SMILES string of the molecule is c1ccc2c(c1)OCC(C1COc3ccccc3O1)O2. The Labute approximate surface area is 116 Å². The van der Waals surface area contributed by atoms with Crippen LogP contribution >= 0.6 is 0 Å². The summed E-state index contributed by atoms with van der Waals surface area (Å²) in [5, 5.41) is 0. The molecule has 102 valence electrons. The van der Waals surface area contributed by atoms with E-state index in [2.05, 4.69) is 0 Å². The zero-order valence-corrected chi connectivity index (χ0v) is 10.8. The number of fused-ring (bicyclic) bond motifs is 2. The van der Waals surface area contributed by atoms with Crippen molar-refractivity contribution in [2.45, 2.75) is 12.2 Å². The summed E-state index contributed by atoms with van der Waals surface area (Å²) < 4.78 is 23.3. The van der Waals surface area contributed by atoms with Gasteiger partial charge in [0, 0.05) is 0 Å². The van der Waals surface area contributed by atoms with Crippen LogP contribution in [-0.4, -0.2) is 25.4 Å². The Balaban J connectivity index is 1.53. The summed E-state index contributed by atoms with van der Waals surface area (Å²) in [6, 6.07) is 15.3. The molecule has 2 aliphatic heterocycles. The van der Waals surface area contributed by atoms with Crippen molar-refractivity contribution in [1.29, 1.82) is 0 Å². The molecule has 2 atom stereocenters. The summed E-state index contributed by atoms with van der Waals surface area (Å²) in [5.74, 6) is 3.07. The van der Waals surface area contributed by atoms with Gasteiger partial charge in [0.1, 0.15) is 13.2 Å². The average Bonchev–Trinajstić information content (AvgIpc) is 2.54. The Morgan fingerprint density at radius 1 is 0.600 bits per heavy atom. The molecule has 0 saturated heterocycles. The largest absolute Gasteiger partial charge is 0.486 e. The molecule has 0 fully saturated rings. The molecule has 0 aliphatic carbocycles. The molecule has 2 unspecified atom stereocenters. The standard InChI is InChI=1S/C16H14O4/c1-3-7-13-11(5-1)17-9-15(19-13)16-10-18-12-6-2-4-8-14(12)20-16/h1-8,15-16H,9-10H2. The summed E-state index contributed by atoms with van der Waals surface area (Å²) in [4.78, 5) is 0. The molecule has 0 aromatic heterocycles. The molecule has 0 saturated carbocycles. The van der Waals surface area contributed by atoms with Crippen LogP contribution in [0.5, 0.6) is 23.0 Å². The first-order valence-electron chi connectivity index (χ1n) is 6.67. The van der Waals surface area contributed by atoms with E-state index in [4.69, 9.17) is 18.9 Å². The monoisotopic (exact) mass is 270 g/mol. The summed E-state index contributed by atoms with van der Waals surface area (Å²) >= 11 is 0. The van der Waals surface area contributed by atoms with Crippen LogP contribution in [0.25, 0.3) is 0 Å². The molecule has 0 N–H and O–H groups in total. The van der Waals surface area contributed by atoms with Crippen molar-refractivity contribution in [1.82, 2.24) is 0 Å². The molecule has 4 heteroatoms. The highest BCUT2D eigenvalue weighted by Crippen LogP contribution is 2.35. The summed E-state index contributed by atoms with van der Waals surface area (Å²) in [7, 11) is 0. The minimum atomic E-state index is -0.168. The average molecular weight is 270 g/mol. The normalized spacial score (nSPS) is 23.2. The fourth-order valence-corrected chi connectivity index (χ4v) is 2.44. The third-order valence-corrected chi connectivity index (χ3v) is 3.48. The van der Waals surface area contributed by atoms with Gasteiger partial charge in [0.15, 0.2) is 35.2 Å². The van der Waals surface area contributed by atoms with Crippen LogP contribution in [0.2, 0.25) is 0 Å². The molecule has 0 radical (unpaired) electrons. The van der Waals surface area contributed by atoms with Crippen LogP contribution in [0, 0.1) is 0 Å². The molecule has 2 aromatic carbocycles. The van der Waals surface area contributed by atoms with Gasteiger partial charge >= 0.3 is 0 Å². The molecular weight excluding hydrogens is 256 g/mol. The van der Waals surface area contributed by atoms with E-state index in [9.17, 15) is 0 Å². The highest BCUT2D eigenvalue weighted by Gasteiger charge is 2.34. The molecule has 4 nitrogen and oxygen atoms in total. The van der Waals surface area contributed by atoms with Crippen molar-refractivity contribution in [3.63, 3.8) is 0 Å². The number of rotatable bonds is 1. The maximum Gasteiger partial charge on any atom is 0.173 e. The van der Waals surface area contributed by atoms with Crippen LogP contribution in [-0.2, 0) is 0 Å². The molecule has 0 amide bonds. The van der Waals surface area contributed by atoms with E-state index in [0.717, 1.165) is 23.0 Å². The van der Waals surface area contributed by atoms with E-state index in [1.807, 2.05) is 48.5 Å².